The van der Waals surface area contributed by atoms with Gasteiger partial charge in [0.1, 0.15) is 0 Å². The van der Waals surface area contributed by atoms with Gasteiger partial charge in [0.05, 0.1) is 5.56 Å². The maximum Gasteiger partial charge on any atom is 0.338 e. The van der Waals surface area contributed by atoms with E-state index in [0.29, 0.717) is 12.1 Å². The summed E-state index contributed by atoms with van der Waals surface area (Å²) >= 11 is 0. The number of amides is 1. The van der Waals surface area contributed by atoms with Crippen molar-refractivity contribution in [3.63, 3.8) is 0 Å². The fourth-order valence-electron chi connectivity index (χ4n) is 3.11. The molecular formula is C26H27NO3. The first-order chi connectivity index (χ1) is 14.3. The van der Waals surface area contributed by atoms with Crippen LogP contribution in [-0.4, -0.2) is 18.0 Å². The fraction of sp³-hybridized carbons (Fsp3) is 0.231. The van der Waals surface area contributed by atoms with Crippen molar-refractivity contribution in [2.75, 3.05) is 0 Å². The van der Waals surface area contributed by atoms with Crippen LogP contribution in [0, 0.1) is 5.41 Å². The van der Waals surface area contributed by atoms with Gasteiger partial charge in [-0.05, 0) is 28.8 Å². The van der Waals surface area contributed by atoms with E-state index in [1.165, 1.54) is 0 Å². The monoisotopic (exact) mass is 401 g/mol. The third-order valence-electron chi connectivity index (χ3n) is 4.79. The number of nitrogens with one attached hydrogen (secondary N) is 1. The van der Waals surface area contributed by atoms with Crippen molar-refractivity contribution >= 4 is 11.9 Å². The first-order valence-electron chi connectivity index (χ1n) is 10.0. The lowest BCUT2D eigenvalue weighted by Crippen LogP contribution is -2.45. The van der Waals surface area contributed by atoms with E-state index in [-0.39, 0.29) is 5.91 Å². The molecule has 0 aliphatic carbocycles. The van der Waals surface area contributed by atoms with Crippen LogP contribution in [0.15, 0.2) is 84.9 Å². The molecule has 0 saturated carbocycles. The van der Waals surface area contributed by atoms with E-state index in [9.17, 15) is 9.59 Å². The van der Waals surface area contributed by atoms with Gasteiger partial charge >= 0.3 is 5.97 Å². The van der Waals surface area contributed by atoms with Gasteiger partial charge in [0.2, 0.25) is 0 Å². The molecule has 3 aromatic rings. The van der Waals surface area contributed by atoms with Gasteiger partial charge in [0.15, 0.2) is 6.10 Å². The predicted octanol–water partition coefficient (Wildman–Crippen LogP) is 5.24. The molecule has 1 amide bonds. The van der Waals surface area contributed by atoms with Crippen molar-refractivity contribution in [1.29, 1.82) is 0 Å². The van der Waals surface area contributed by atoms with E-state index < -0.39 is 17.5 Å². The van der Waals surface area contributed by atoms with Gasteiger partial charge in [0, 0.05) is 12.0 Å². The third kappa shape index (κ3) is 5.57. The van der Waals surface area contributed by atoms with Crippen molar-refractivity contribution in [2.24, 2.45) is 5.41 Å². The standard InChI is InChI=1S/C26H27NO3/c1-26(2,3)23(24(28)27-18-19-10-6-4-7-11-19)30-25(29)22-16-14-21(15-17-22)20-12-8-5-9-13-20/h4-17,23H,18H2,1-3H3,(H,27,28). The van der Waals surface area contributed by atoms with Crippen molar-refractivity contribution in [1.82, 2.24) is 5.32 Å². The molecule has 0 fully saturated rings. The lowest BCUT2D eigenvalue weighted by atomic mass is 9.88. The number of hydrogen-bond acceptors (Lipinski definition) is 3. The van der Waals surface area contributed by atoms with Gasteiger partial charge in [-0.15, -0.1) is 0 Å². The van der Waals surface area contributed by atoms with Crippen LogP contribution in [0.3, 0.4) is 0 Å². The second kappa shape index (κ2) is 9.40. The second-order valence-electron chi connectivity index (χ2n) is 8.30. The molecule has 1 N–H and O–H groups in total. The minimum absolute atomic E-state index is 0.305. The Labute approximate surface area is 177 Å². The molecule has 1 unspecified atom stereocenters. The van der Waals surface area contributed by atoms with E-state index in [0.717, 1.165) is 16.7 Å². The Kier molecular flexibility index (Phi) is 6.68. The molecule has 3 rings (SSSR count). The fourth-order valence-corrected chi connectivity index (χ4v) is 3.11. The molecule has 3 aromatic carbocycles. The Morgan fingerprint density at radius 2 is 1.33 bits per heavy atom. The number of ether oxygens (including phenoxy) is 1. The number of hydrogen-bond donors (Lipinski definition) is 1. The predicted molar refractivity (Wildman–Crippen MR) is 119 cm³/mol. The number of carbonyl (C=O) groups excluding carboxylic acids is 2. The van der Waals surface area contributed by atoms with Crippen LogP contribution in [0.4, 0.5) is 0 Å². The summed E-state index contributed by atoms with van der Waals surface area (Å²) < 4.78 is 5.65. The Balaban J connectivity index is 1.68. The minimum atomic E-state index is -0.900. The maximum absolute atomic E-state index is 12.8. The highest BCUT2D eigenvalue weighted by atomic mass is 16.5. The minimum Gasteiger partial charge on any atom is -0.448 e. The lowest BCUT2D eigenvalue weighted by Gasteiger charge is -2.29. The van der Waals surface area contributed by atoms with E-state index in [2.05, 4.69) is 5.32 Å². The van der Waals surface area contributed by atoms with Gasteiger partial charge < -0.3 is 10.1 Å². The Morgan fingerprint density at radius 3 is 1.90 bits per heavy atom. The van der Waals surface area contributed by atoms with E-state index in [1.54, 1.807) is 12.1 Å². The highest BCUT2D eigenvalue weighted by molar-refractivity contribution is 5.93. The van der Waals surface area contributed by atoms with Gasteiger partial charge in [-0.25, -0.2) is 4.79 Å². The highest BCUT2D eigenvalue weighted by Crippen LogP contribution is 2.25. The van der Waals surface area contributed by atoms with Gasteiger partial charge in [-0.3, -0.25) is 4.79 Å². The van der Waals surface area contributed by atoms with Crippen LogP contribution in [0.25, 0.3) is 11.1 Å². The highest BCUT2D eigenvalue weighted by Gasteiger charge is 2.35. The van der Waals surface area contributed by atoms with Gasteiger partial charge in [0.25, 0.3) is 5.91 Å². The summed E-state index contributed by atoms with van der Waals surface area (Å²) in [6, 6.07) is 26.8. The molecule has 4 heteroatoms. The molecule has 0 saturated heterocycles. The topological polar surface area (TPSA) is 55.4 Å². The van der Waals surface area contributed by atoms with Crippen LogP contribution < -0.4 is 5.32 Å². The molecule has 30 heavy (non-hydrogen) atoms. The normalized spacial score (nSPS) is 12.1. The molecule has 4 nitrogen and oxygen atoms in total. The van der Waals surface area contributed by atoms with Crippen LogP contribution >= 0.6 is 0 Å². The van der Waals surface area contributed by atoms with Crippen molar-refractivity contribution in [3.05, 3.63) is 96.1 Å². The Morgan fingerprint density at radius 1 is 0.800 bits per heavy atom. The molecular weight excluding hydrogens is 374 g/mol. The van der Waals surface area contributed by atoms with E-state index in [1.807, 2.05) is 93.6 Å². The summed E-state index contributed by atoms with van der Waals surface area (Å²) in [6.07, 6.45) is -0.900. The zero-order valence-electron chi connectivity index (χ0n) is 17.6. The van der Waals surface area contributed by atoms with Crippen LogP contribution in [0.2, 0.25) is 0 Å². The molecule has 154 valence electrons. The van der Waals surface area contributed by atoms with Crippen LogP contribution in [-0.2, 0) is 16.1 Å². The van der Waals surface area contributed by atoms with E-state index in [4.69, 9.17) is 4.74 Å². The van der Waals surface area contributed by atoms with Gasteiger partial charge in [-0.1, -0.05) is 93.6 Å². The zero-order valence-corrected chi connectivity index (χ0v) is 17.6. The maximum atomic E-state index is 12.8. The molecule has 1 atom stereocenters. The number of benzene rings is 3. The molecule has 0 spiro atoms. The zero-order chi connectivity index (χ0) is 21.6. The Hall–Kier alpha value is -3.40. The number of rotatable bonds is 6. The second-order valence-corrected chi connectivity index (χ2v) is 8.30. The first-order valence-corrected chi connectivity index (χ1v) is 10.0. The van der Waals surface area contributed by atoms with Crippen molar-refractivity contribution < 1.29 is 14.3 Å². The van der Waals surface area contributed by atoms with Crippen molar-refractivity contribution in [3.8, 4) is 11.1 Å². The molecule has 0 bridgehead atoms. The largest absolute Gasteiger partial charge is 0.448 e. The summed E-state index contributed by atoms with van der Waals surface area (Å²) in [5.74, 6) is -0.815. The SMILES string of the molecule is CC(C)(C)C(OC(=O)c1ccc(-c2ccccc2)cc1)C(=O)NCc1ccccc1. The number of esters is 1. The molecule has 0 aromatic heterocycles. The van der Waals surface area contributed by atoms with E-state index >= 15 is 0 Å². The quantitative estimate of drug-likeness (QED) is 0.575. The van der Waals surface area contributed by atoms with Crippen molar-refractivity contribution in [2.45, 2.75) is 33.4 Å². The molecule has 0 radical (unpaired) electrons. The molecule has 0 heterocycles. The Bertz CT molecular complexity index is 974. The third-order valence-corrected chi connectivity index (χ3v) is 4.79. The summed E-state index contributed by atoms with van der Waals surface area (Å²) in [5.41, 5.74) is 2.95. The first kappa shape index (κ1) is 21.3. The lowest BCUT2D eigenvalue weighted by molar-refractivity contribution is -0.135. The van der Waals surface area contributed by atoms with Crippen LogP contribution in [0.1, 0.15) is 36.7 Å². The summed E-state index contributed by atoms with van der Waals surface area (Å²) in [6.45, 7) is 6.03. The number of carbonyl (C=O) groups is 2. The molecule has 0 aliphatic rings. The molecule has 0 aliphatic heterocycles. The average molecular weight is 402 g/mol. The van der Waals surface area contributed by atoms with Crippen LogP contribution in [0.5, 0.6) is 0 Å². The summed E-state index contributed by atoms with van der Waals surface area (Å²) in [4.78, 5) is 25.5. The summed E-state index contributed by atoms with van der Waals surface area (Å²) in [5, 5.41) is 2.88. The average Bonchev–Trinajstić information content (AvgIpc) is 2.76. The van der Waals surface area contributed by atoms with Gasteiger partial charge in [-0.2, -0.15) is 0 Å². The smallest absolute Gasteiger partial charge is 0.338 e. The summed E-state index contributed by atoms with van der Waals surface area (Å²) in [7, 11) is 0.